The highest BCUT2D eigenvalue weighted by Gasteiger charge is 2.27. The van der Waals surface area contributed by atoms with Gasteiger partial charge in [0.15, 0.2) is 0 Å². The molecular weight excluding hydrogens is 198 g/mol. The maximum absolute atomic E-state index is 8.86. The molecule has 0 heterocycles. The predicted molar refractivity (Wildman–Crippen MR) is 66.9 cm³/mol. The van der Waals surface area contributed by atoms with E-state index < -0.39 is 0 Å². The monoisotopic (exact) mass is 223 g/mol. The Morgan fingerprint density at radius 3 is 2.38 bits per heavy atom. The molecule has 2 N–H and O–H groups in total. The van der Waals surface area contributed by atoms with Gasteiger partial charge in [-0.25, -0.2) is 0 Å². The molecule has 1 unspecified atom stereocenters. The van der Waals surface area contributed by atoms with Crippen molar-refractivity contribution in [3.05, 3.63) is 0 Å². The molecule has 0 aromatic rings. The Balaban J connectivity index is 2.55. The third kappa shape index (κ3) is 3.47. The van der Waals surface area contributed by atoms with Gasteiger partial charge in [0.2, 0.25) is 0 Å². The number of rotatable bonds is 5. The SMILES string of the molecule is CCC(CC#N)N(CC)C1CCC(N)CC1. The highest BCUT2D eigenvalue weighted by atomic mass is 15.2. The van der Waals surface area contributed by atoms with Gasteiger partial charge >= 0.3 is 0 Å². The van der Waals surface area contributed by atoms with Crippen molar-refractivity contribution in [2.45, 2.75) is 70.5 Å². The van der Waals surface area contributed by atoms with E-state index in [9.17, 15) is 0 Å². The summed E-state index contributed by atoms with van der Waals surface area (Å²) in [4.78, 5) is 2.52. The molecule has 0 spiro atoms. The summed E-state index contributed by atoms with van der Waals surface area (Å²) in [5.74, 6) is 0. The van der Waals surface area contributed by atoms with E-state index in [1.807, 2.05) is 0 Å². The molecule has 1 saturated carbocycles. The van der Waals surface area contributed by atoms with Crippen LogP contribution in [0.2, 0.25) is 0 Å². The maximum atomic E-state index is 8.86. The largest absolute Gasteiger partial charge is 0.328 e. The number of nitriles is 1. The highest BCUT2D eigenvalue weighted by Crippen LogP contribution is 2.25. The molecule has 1 aliphatic carbocycles. The first-order chi connectivity index (χ1) is 7.72. The molecule has 0 bridgehead atoms. The Bertz CT molecular complexity index is 226. The Morgan fingerprint density at radius 1 is 1.31 bits per heavy atom. The van der Waals surface area contributed by atoms with E-state index in [1.165, 1.54) is 12.8 Å². The molecule has 3 heteroatoms. The van der Waals surface area contributed by atoms with Crippen molar-refractivity contribution in [2.24, 2.45) is 5.73 Å². The van der Waals surface area contributed by atoms with Crippen LogP contribution in [0.25, 0.3) is 0 Å². The molecule has 0 aromatic heterocycles. The molecule has 1 rings (SSSR count). The second-order valence-corrected chi connectivity index (χ2v) is 4.82. The van der Waals surface area contributed by atoms with Crippen molar-refractivity contribution in [1.82, 2.24) is 4.90 Å². The molecule has 1 fully saturated rings. The van der Waals surface area contributed by atoms with E-state index >= 15 is 0 Å². The lowest BCUT2D eigenvalue weighted by Gasteiger charge is -2.39. The first-order valence-corrected chi connectivity index (χ1v) is 6.61. The molecule has 16 heavy (non-hydrogen) atoms. The minimum absolute atomic E-state index is 0.408. The lowest BCUT2D eigenvalue weighted by Crippen LogP contribution is -2.46. The topological polar surface area (TPSA) is 53.0 Å². The van der Waals surface area contributed by atoms with Gasteiger partial charge in [0.25, 0.3) is 0 Å². The number of nitrogens with zero attached hydrogens (tertiary/aromatic N) is 2. The van der Waals surface area contributed by atoms with E-state index in [-0.39, 0.29) is 0 Å². The third-order valence-corrected chi connectivity index (χ3v) is 3.84. The Kier molecular flexibility index (Phi) is 5.79. The molecular formula is C13H25N3. The molecule has 0 saturated heterocycles. The van der Waals surface area contributed by atoms with E-state index in [0.717, 1.165) is 25.8 Å². The van der Waals surface area contributed by atoms with Gasteiger partial charge in [0, 0.05) is 18.1 Å². The normalized spacial score (nSPS) is 27.7. The molecule has 0 aliphatic heterocycles. The van der Waals surface area contributed by atoms with Gasteiger partial charge in [-0.05, 0) is 38.6 Å². The maximum Gasteiger partial charge on any atom is 0.0638 e. The first-order valence-electron chi connectivity index (χ1n) is 6.61. The summed E-state index contributed by atoms with van der Waals surface area (Å²) >= 11 is 0. The van der Waals surface area contributed by atoms with Crippen LogP contribution in [-0.4, -0.2) is 29.6 Å². The Hall–Kier alpha value is -0.590. The van der Waals surface area contributed by atoms with Gasteiger partial charge in [0.05, 0.1) is 12.5 Å². The molecule has 1 aliphatic rings. The number of hydrogen-bond acceptors (Lipinski definition) is 3. The van der Waals surface area contributed by atoms with Gasteiger partial charge in [-0.1, -0.05) is 13.8 Å². The van der Waals surface area contributed by atoms with Crippen LogP contribution >= 0.6 is 0 Å². The van der Waals surface area contributed by atoms with Crippen LogP contribution in [0.4, 0.5) is 0 Å². The molecule has 0 radical (unpaired) electrons. The summed E-state index contributed by atoms with van der Waals surface area (Å²) in [7, 11) is 0. The van der Waals surface area contributed by atoms with E-state index in [2.05, 4.69) is 24.8 Å². The lowest BCUT2D eigenvalue weighted by atomic mass is 9.89. The summed E-state index contributed by atoms with van der Waals surface area (Å²) in [6, 6.07) is 3.82. The molecule has 3 nitrogen and oxygen atoms in total. The molecule has 92 valence electrons. The smallest absolute Gasteiger partial charge is 0.0638 e. The fraction of sp³-hybridized carbons (Fsp3) is 0.923. The average Bonchev–Trinajstić information content (AvgIpc) is 2.31. The number of nitrogens with two attached hydrogens (primary N) is 1. The second kappa shape index (κ2) is 6.88. The molecule has 0 amide bonds. The predicted octanol–water partition coefficient (Wildman–Crippen LogP) is 2.27. The van der Waals surface area contributed by atoms with Crippen LogP contribution in [-0.2, 0) is 0 Å². The van der Waals surface area contributed by atoms with E-state index in [1.54, 1.807) is 0 Å². The summed E-state index contributed by atoms with van der Waals surface area (Å²) in [5.41, 5.74) is 5.93. The summed E-state index contributed by atoms with van der Waals surface area (Å²) < 4.78 is 0. The molecule has 0 aromatic carbocycles. The first kappa shape index (κ1) is 13.5. The van der Waals surface area contributed by atoms with Gasteiger partial charge in [-0.2, -0.15) is 5.26 Å². The highest BCUT2D eigenvalue weighted by molar-refractivity contribution is 4.88. The van der Waals surface area contributed by atoms with Crippen LogP contribution in [0.3, 0.4) is 0 Å². The van der Waals surface area contributed by atoms with Gasteiger partial charge in [0.1, 0.15) is 0 Å². The van der Waals surface area contributed by atoms with Crippen molar-refractivity contribution < 1.29 is 0 Å². The quantitative estimate of drug-likeness (QED) is 0.778. The van der Waals surface area contributed by atoms with Crippen LogP contribution in [0.5, 0.6) is 0 Å². The summed E-state index contributed by atoms with van der Waals surface area (Å²) in [6.07, 6.45) is 6.43. The molecule has 1 atom stereocenters. The average molecular weight is 223 g/mol. The van der Waals surface area contributed by atoms with Crippen LogP contribution < -0.4 is 5.73 Å². The lowest BCUT2D eigenvalue weighted by molar-refractivity contribution is 0.105. The minimum atomic E-state index is 0.408. The van der Waals surface area contributed by atoms with Crippen molar-refractivity contribution >= 4 is 0 Å². The summed E-state index contributed by atoms with van der Waals surface area (Å²) in [5, 5.41) is 8.86. The van der Waals surface area contributed by atoms with Crippen molar-refractivity contribution in [3.8, 4) is 6.07 Å². The Labute approximate surface area is 99.6 Å². The Morgan fingerprint density at radius 2 is 1.94 bits per heavy atom. The van der Waals surface area contributed by atoms with Crippen molar-refractivity contribution in [2.75, 3.05) is 6.54 Å². The minimum Gasteiger partial charge on any atom is -0.328 e. The third-order valence-electron chi connectivity index (χ3n) is 3.84. The zero-order valence-corrected chi connectivity index (χ0v) is 10.7. The van der Waals surface area contributed by atoms with Crippen molar-refractivity contribution in [1.29, 1.82) is 5.26 Å². The van der Waals surface area contributed by atoms with E-state index in [4.69, 9.17) is 11.0 Å². The zero-order chi connectivity index (χ0) is 12.0. The standard InChI is InChI=1S/C13H25N3/c1-3-12(9-10-14)16(4-2)13-7-5-11(15)6-8-13/h11-13H,3-9,15H2,1-2H3. The zero-order valence-electron chi connectivity index (χ0n) is 10.7. The van der Waals surface area contributed by atoms with Crippen LogP contribution in [0.1, 0.15) is 52.4 Å². The van der Waals surface area contributed by atoms with Gasteiger partial charge in [-0.3, -0.25) is 4.90 Å². The van der Waals surface area contributed by atoms with E-state index in [0.29, 0.717) is 24.5 Å². The van der Waals surface area contributed by atoms with Crippen LogP contribution in [0, 0.1) is 11.3 Å². The van der Waals surface area contributed by atoms with Crippen molar-refractivity contribution in [3.63, 3.8) is 0 Å². The van der Waals surface area contributed by atoms with Gasteiger partial charge in [-0.15, -0.1) is 0 Å². The van der Waals surface area contributed by atoms with Crippen LogP contribution in [0.15, 0.2) is 0 Å². The van der Waals surface area contributed by atoms with Gasteiger partial charge < -0.3 is 5.73 Å². The summed E-state index contributed by atoms with van der Waals surface area (Å²) in [6.45, 7) is 5.44. The number of hydrogen-bond donors (Lipinski definition) is 1. The second-order valence-electron chi connectivity index (χ2n) is 4.82. The fourth-order valence-electron chi connectivity index (χ4n) is 2.85. The fourth-order valence-corrected chi connectivity index (χ4v) is 2.85.